The average molecular weight is 185 g/mol. The van der Waals surface area contributed by atoms with E-state index in [2.05, 4.69) is 0 Å². The van der Waals surface area contributed by atoms with Crippen LogP contribution in [0.3, 0.4) is 0 Å². The molecule has 1 aromatic heterocycles. The van der Waals surface area contributed by atoms with Gasteiger partial charge in [-0.2, -0.15) is 0 Å². The van der Waals surface area contributed by atoms with Gasteiger partial charge in [0.1, 0.15) is 4.88 Å². The predicted octanol–water partition coefficient (Wildman–Crippen LogP) is 1.82. The number of carboxylic acid groups (broad SMARTS) is 1. The maximum Gasteiger partial charge on any atom is 0.348 e. The second kappa shape index (κ2) is 3.15. The zero-order valence-corrected chi connectivity index (χ0v) is 8.10. The van der Waals surface area contributed by atoms with Crippen LogP contribution in [0.1, 0.15) is 15.2 Å². The Hall–Kier alpha value is -1.03. The van der Waals surface area contributed by atoms with Crippen molar-refractivity contribution in [3.05, 3.63) is 15.8 Å². The molecule has 0 aliphatic heterocycles. The quantitative estimate of drug-likeness (QED) is 0.764. The first-order chi connectivity index (χ1) is 5.54. The van der Waals surface area contributed by atoms with Crippen LogP contribution >= 0.6 is 11.3 Å². The van der Waals surface area contributed by atoms with Crippen molar-refractivity contribution < 1.29 is 9.90 Å². The zero-order valence-electron chi connectivity index (χ0n) is 7.29. The number of anilines is 1. The van der Waals surface area contributed by atoms with Gasteiger partial charge in [-0.3, -0.25) is 0 Å². The molecule has 0 saturated carbocycles. The first-order valence-corrected chi connectivity index (χ1v) is 4.40. The molecule has 3 nitrogen and oxygen atoms in total. The van der Waals surface area contributed by atoms with Crippen molar-refractivity contribution in [1.29, 1.82) is 0 Å². The van der Waals surface area contributed by atoms with Crippen molar-refractivity contribution in [2.45, 2.75) is 6.92 Å². The first-order valence-electron chi connectivity index (χ1n) is 3.52. The van der Waals surface area contributed by atoms with E-state index in [1.165, 1.54) is 11.3 Å². The van der Waals surface area contributed by atoms with Gasteiger partial charge in [0.15, 0.2) is 0 Å². The fourth-order valence-corrected chi connectivity index (χ4v) is 2.11. The molecule has 0 spiro atoms. The summed E-state index contributed by atoms with van der Waals surface area (Å²) in [6.07, 6.45) is 0. The highest BCUT2D eigenvalue weighted by Gasteiger charge is 2.15. The predicted molar refractivity (Wildman–Crippen MR) is 50.3 cm³/mol. The lowest BCUT2D eigenvalue weighted by Crippen LogP contribution is -2.12. The molecule has 0 aromatic carbocycles. The number of rotatable bonds is 2. The Morgan fingerprint density at radius 3 is 2.50 bits per heavy atom. The molecule has 1 N–H and O–H groups in total. The van der Waals surface area contributed by atoms with Crippen LogP contribution in [0.4, 0.5) is 5.69 Å². The van der Waals surface area contributed by atoms with Gasteiger partial charge in [-0.05, 0) is 17.9 Å². The van der Waals surface area contributed by atoms with Crippen LogP contribution in [0.15, 0.2) is 5.38 Å². The van der Waals surface area contributed by atoms with Crippen molar-refractivity contribution in [2.24, 2.45) is 0 Å². The lowest BCUT2D eigenvalue weighted by atomic mass is 10.2. The van der Waals surface area contributed by atoms with Gasteiger partial charge in [-0.15, -0.1) is 11.3 Å². The van der Waals surface area contributed by atoms with E-state index in [-0.39, 0.29) is 0 Å². The average Bonchev–Trinajstić information content (AvgIpc) is 2.30. The largest absolute Gasteiger partial charge is 0.477 e. The third-order valence-corrected chi connectivity index (χ3v) is 2.66. The highest BCUT2D eigenvalue weighted by molar-refractivity contribution is 7.12. The number of aryl methyl sites for hydroxylation is 1. The molecule has 0 aliphatic rings. The van der Waals surface area contributed by atoms with Crippen LogP contribution in [-0.4, -0.2) is 25.2 Å². The molecule has 1 rings (SSSR count). The van der Waals surface area contributed by atoms with Crippen LogP contribution in [0.25, 0.3) is 0 Å². The fourth-order valence-electron chi connectivity index (χ4n) is 1.15. The Kier molecular flexibility index (Phi) is 2.38. The third-order valence-electron chi connectivity index (χ3n) is 1.58. The van der Waals surface area contributed by atoms with Crippen LogP contribution in [0.5, 0.6) is 0 Å². The van der Waals surface area contributed by atoms with Crippen LogP contribution in [0.2, 0.25) is 0 Å². The van der Waals surface area contributed by atoms with Gasteiger partial charge in [-0.1, -0.05) is 0 Å². The summed E-state index contributed by atoms with van der Waals surface area (Å²) >= 11 is 1.27. The normalized spacial score (nSPS) is 9.92. The molecule has 66 valence electrons. The monoisotopic (exact) mass is 185 g/mol. The number of hydrogen-bond donors (Lipinski definition) is 1. The molecule has 0 bridgehead atoms. The number of carboxylic acids is 1. The minimum Gasteiger partial charge on any atom is -0.477 e. The van der Waals surface area contributed by atoms with E-state index < -0.39 is 5.97 Å². The lowest BCUT2D eigenvalue weighted by Gasteiger charge is -2.12. The first kappa shape index (κ1) is 9.06. The molecular formula is C8H11NO2S. The maximum atomic E-state index is 10.7. The van der Waals surface area contributed by atoms with Gasteiger partial charge in [-0.25, -0.2) is 4.79 Å². The van der Waals surface area contributed by atoms with E-state index in [9.17, 15) is 4.79 Å². The summed E-state index contributed by atoms with van der Waals surface area (Å²) in [6, 6.07) is 0. The standard InChI is InChI=1S/C8H11NO2S/c1-5-4-12-7(8(10)11)6(5)9(2)3/h4H,1-3H3,(H,10,11). The van der Waals surface area contributed by atoms with Gasteiger partial charge >= 0.3 is 5.97 Å². The van der Waals surface area contributed by atoms with Crippen molar-refractivity contribution in [3.8, 4) is 0 Å². The van der Waals surface area contributed by atoms with Crippen LogP contribution in [-0.2, 0) is 0 Å². The van der Waals surface area contributed by atoms with Gasteiger partial charge < -0.3 is 10.0 Å². The number of carbonyl (C=O) groups is 1. The summed E-state index contributed by atoms with van der Waals surface area (Å²) in [5, 5.41) is 10.7. The number of nitrogens with zero attached hydrogens (tertiary/aromatic N) is 1. The van der Waals surface area contributed by atoms with Gasteiger partial charge in [0, 0.05) is 14.1 Å². The molecule has 0 fully saturated rings. The molecule has 0 aliphatic carbocycles. The Bertz CT molecular complexity index is 304. The molecule has 0 atom stereocenters. The molecule has 0 unspecified atom stereocenters. The molecular weight excluding hydrogens is 174 g/mol. The molecule has 4 heteroatoms. The smallest absolute Gasteiger partial charge is 0.348 e. The van der Waals surface area contributed by atoms with E-state index >= 15 is 0 Å². The molecule has 0 radical (unpaired) electrons. The van der Waals surface area contributed by atoms with E-state index in [1.54, 1.807) is 0 Å². The van der Waals surface area contributed by atoms with Gasteiger partial charge in [0.05, 0.1) is 5.69 Å². The van der Waals surface area contributed by atoms with Crippen LogP contribution < -0.4 is 4.90 Å². The summed E-state index contributed by atoms with van der Waals surface area (Å²) in [4.78, 5) is 13.0. The van der Waals surface area contributed by atoms with E-state index in [1.807, 2.05) is 31.3 Å². The second-order valence-corrected chi connectivity index (χ2v) is 3.68. The van der Waals surface area contributed by atoms with Crippen molar-refractivity contribution in [2.75, 3.05) is 19.0 Å². The summed E-state index contributed by atoms with van der Waals surface area (Å²) in [7, 11) is 3.70. The molecule has 1 heterocycles. The summed E-state index contributed by atoms with van der Waals surface area (Å²) in [5.74, 6) is -0.850. The van der Waals surface area contributed by atoms with Crippen molar-refractivity contribution >= 4 is 23.0 Å². The molecule has 1 aromatic rings. The Labute approximate surface area is 75.2 Å². The van der Waals surface area contributed by atoms with E-state index in [4.69, 9.17) is 5.11 Å². The number of thiophene rings is 1. The summed E-state index contributed by atoms with van der Waals surface area (Å²) in [6.45, 7) is 1.91. The highest BCUT2D eigenvalue weighted by Crippen LogP contribution is 2.29. The maximum absolute atomic E-state index is 10.7. The summed E-state index contributed by atoms with van der Waals surface area (Å²) < 4.78 is 0. The topological polar surface area (TPSA) is 40.5 Å². The zero-order chi connectivity index (χ0) is 9.30. The van der Waals surface area contributed by atoms with Crippen LogP contribution in [0, 0.1) is 6.92 Å². The SMILES string of the molecule is Cc1csc(C(=O)O)c1N(C)C. The lowest BCUT2D eigenvalue weighted by molar-refractivity contribution is 0.0703. The van der Waals surface area contributed by atoms with Gasteiger partial charge in [0.25, 0.3) is 0 Å². The molecule has 0 amide bonds. The second-order valence-electron chi connectivity index (χ2n) is 2.80. The molecule has 0 saturated heterocycles. The van der Waals surface area contributed by atoms with Crippen molar-refractivity contribution in [3.63, 3.8) is 0 Å². The fraction of sp³-hybridized carbons (Fsp3) is 0.375. The highest BCUT2D eigenvalue weighted by atomic mass is 32.1. The van der Waals surface area contributed by atoms with E-state index in [0.29, 0.717) is 4.88 Å². The van der Waals surface area contributed by atoms with Gasteiger partial charge in [0.2, 0.25) is 0 Å². The number of hydrogen-bond acceptors (Lipinski definition) is 3. The van der Waals surface area contributed by atoms with Crippen molar-refractivity contribution in [1.82, 2.24) is 0 Å². The summed E-state index contributed by atoms with van der Waals surface area (Å²) in [5.41, 5.74) is 1.83. The Morgan fingerprint density at radius 2 is 2.17 bits per heavy atom. The third kappa shape index (κ3) is 1.43. The molecule has 12 heavy (non-hydrogen) atoms. The Morgan fingerprint density at radius 1 is 1.58 bits per heavy atom. The minimum absolute atomic E-state index is 0.414. The van der Waals surface area contributed by atoms with E-state index in [0.717, 1.165) is 11.3 Å². The Balaban J connectivity index is 3.21. The number of aromatic carboxylic acids is 1. The minimum atomic E-state index is -0.850.